The van der Waals surface area contributed by atoms with Gasteiger partial charge in [-0.2, -0.15) is 0 Å². The molecule has 0 unspecified atom stereocenters. The Morgan fingerprint density at radius 2 is 1.93 bits per heavy atom. The van der Waals surface area contributed by atoms with Crippen molar-refractivity contribution in [1.82, 2.24) is 0 Å². The molecule has 2 aliphatic heterocycles. The number of hydrogen-bond acceptors (Lipinski definition) is 4. The van der Waals surface area contributed by atoms with Gasteiger partial charge in [-0.05, 0) is 42.3 Å². The van der Waals surface area contributed by atoms with Crippen LogP contribution in [0.3, 0.4) is 0 Å². The monoisotopic (exact) mass is 420 g/mol. The minimum Gasteiger partial charge on any atom is -0.486 e. The number of nitrogens with zero attached hydrogens (tertiary/aromatic N) is 1. The third-order valence-corrected chi connectivity index (χ3v) is 5.24. The van der Waals surface area contributed by atoms with E-state index in [1.165, 1.54) is 0 Å². The molecule has 2 amide bonds. The maximum atomic E-state index is 12.5. The van der Waals surface area contributed by atoms with Crippen LogP contribution < -0.4 is 19.7 Å². The fraction of sp³-hybridized carbons (Fsp3) is 0.300. The number of halogens is 2. The molecule has 2 aromatic carbocycles. The number of carbonyl (C=O) groups is 2. The number of carbonyl (C=O) groups excluding carboxylic acids is 2. The van der Waals surface area contributed by atoms with Crippen molar-refractivity contribution < 1.29 is 19.1 Å². The van der Waals surface area contributed by atoms with E-state index in [-0.39, 0.29) is 18.2 Å². The van der Waals surface area contributed by atoms with Crippen molar-refractivity contribution >= 4 is 46.4 Å². The van der Waals surface area contributed by atoms with E-state index in [0.29, 0.717) is 59.0 Å². The second-order valence-electron chi connectivity index (χ2n) is 6.64. The lowest BCUT2D eigenvalue weighted by molar-refractivity contribution is -0.117. The zero-order valence-electron chi connectivity index (χ0n) is 15.0. The van der Waals surface area contributed by atoms with Gasteiger partial charge in [-0.15, -0.1) is 0 Å². The standard InChI is InChI=1S/C20H18Cl2N2O4/c21-14-4-3-13(24-5-1-2-19(24)26)11-16(14)23-18(25)10-12-8-15(22)20-17(9-12)27-6-7-28-20/h3-4,8-9,11H,1-2,5-7,10H2,(H,23,25). The molecule has 146 valence electrons. The second-order valence-corrected chi connectivity index (χ2v) is 7.45. The van der Waals surface area contributed by atoms with E-state index in [9.17, 15) is 9.59 Å². The molecule has 4 rings (SSSR count). The summed E-state index contributed by atoms with van der Waals surface area (Å²) in [5.41, 5.74) is 1.89. The SMILES string of the molecule is O=C(Cc1cc(Cl)c2c(c1)OCCO2)Nc1cc(N2CCCC2=O)ccc1Cl. The van der Waals surface area contributed by atoms with Gasteiger partial charge < -0.3 is 19.7 Å². The molecule has 1 saturated heterocycles. The Kier molecular flexibility index (Phi) is 5.33. The van der Waals surface area contributed by atoms with Crippen LogP contribution in [0.4, 0.5) is 11.4 Å². The molecule has 1 fully saturated rings. The van der Waals surface area contributed by atoms with Crippen molar-refractivity contribution in [3.8, 4) is 11.5 Å². The van der Waals surface area contributed by atoms with Crippen LogP contribution in [0.2, 0.25) is 10.0 Å². The highest BCUT2D eigenvalue weighted by atomic mass is 35.5. The van der Waals surface area contributed by atoms with Crippen molar-refractivity contribution in [2.75, 3.05) is 30.0 Å². The third-order valence-electron chi connectivity index (χ3n) is 4.63. The Hall–Kier alpha value is -2.44. The first kappa shape index (κ1) is 18.9. The van der Waals surface area contributed by atoms with Gasteiger partial charge in [-0.1, -0.05) is 23.2 Å². The van der Waals surface area contributed by atoms with Crippen LogP contribution >= 0.6 is 23.2 Å². The number of benzene rings is 2. The highest BCUT2D eigenvalue weighted by Gasteiger charge is 2.23. The van der Waals surface area contributed by atoms with Gasteiger partial charge in [-0.25, -0.2) is 0 Å². The van der Waals surface area contributed by atoms with Crippen LogP contribution in [0, 0.1) is 0 Å². The van der Waals surface area contributed by atoms with Gasteiger partial charge in [0.1, 0.15) is 13.2 Å². The van der Waals surface area contributed by atoms with E-state index < -0.39 is 0 Å². The highest BCUT2D eigenvalue weighted by Crippen LogP contribution is 2.38. The van der Waals surface area contributed by atoms with E-state index in [2.05, 4.69) is 5.32 Å². The van der Waals surface area contributed by atoms with Crippen LogP contribution in [0.5, 0.6) is 11.5 Å². The average molecular weight is 421 g/mol. The normalized spacial score (nSPS) is 15.6. The van der Waals surface area contributed by atoms with Gasteiger partial charge in [0.15, 0.2) is 11.5 Å². The van der Waals surface area contributed by atoms with Gasteiger partial charge in [-0.3, -0.25) is 9.59 Å². The number of rotatable bonds is 4. The molecule has 0 radical (unpaired) electrons. The molecule has 0 atom stereocenters. The molecule has 0 spiro atoms. The maximum absolute atomic E-state index is 12.5. The van der Waals surface area contributed by atoms with Gasteiger partial charge in [0.2, 0.25) is 11.8 Å². The number of hydrogen-bond donors (Lipinski definition) is 1. The fourth-order valence-electron chi connectivity index (χ4n) is 3.34. The molecule has 2 heterocycles. The van der Waals surface area contributed by atoms with Gasteiger partial charge >= 0.3 is 0 Å². The number of ether oxygens (including phenoxy) is 2. The molecule has 1 N–H and O–H groups in total. The van der Waals surface area contributed by atoms with E-state index in [1.54, 1.807) is 35.2 Å². The summed E-state index contributed by atoms with van der Waals surface area (Å²) < 4.78 is 11.0. The third kappa shape index (κ3) is 3.88. The second kappa shape index (κ2) is 7.89. The minimum absolute atomic E-state index is 0.0746. The molecule has 0 aliphatic carbocycles. The summed E-state index contributed by atoms with van der Waals surface area (Å²) in [5.74, 6) is 0.863. The molecule has 0 aromatic heterocycles. The molecule has 8 heteroatoms. The van der Waals surface area contributed by atoms with Crippen molar-refractivity contribution in [2.45, 2.75) is 19.3 Å². The van der Waals surface area contributed by atoms with Crippen LogP contribution in [-0.4, -0.2) is 31.6 Å². The lowest BCUT2D eigenvalue weighted by Crippen LogP contribution is -2.24. The van der Waals surface area contributed by atoms with Crippen LogP contribution in [0.15, 0.2) is 30.3 Å². The first-order valence-corrected chi connectivity index (χ1v) is 9.74. The van der Waals surface area contributed by atoms with Gasteiger partial charge in [0.25, 0.3) is 0 Å². The first-order chi connectivity index (χ1) is 13.5. The average Bonchev–Trinajstić information content (AvgIpc) is 3.09. The summed E-state index contributed by atoms with van der Waals surface area (Å²) in [6, 6.07) is 8.62. The fourth-order valence-corrected chi connectivity index (χ4v) is 3.80. The van der Waals surface area contributed by atoms with Crippen molar-refractivity contribution in [2.24, 2.45) is 0 Å². The predicted octanol–water partition coefficient (Wildman–Crippen LogP) is 4.07. The summed E-state index contributed by atoms with van der Waals surface area (Å²) in [4.78, 5) is 26.2. The van der Waals surface area contributed by atoms with Crippen molar-refractivity contribution in [3.63, 3.8) is 0 Å². The van der Waals surface area contributed by atoms with E-state index in [4.69, 9.17) is 32.7 Å². The molecular weight excluding hydrogens is 403 g/mol. The van der Waals surface area contributed by atoms with Gasteiger partial charge in [0, 0.05) is 18.7 Å². The summed E-state index contributed by atoms with van der Waals surface area (Å²) in [5, 5.41) is 3.63. The molecule has 6 nitrogen and oxygen atoms in total. The van der Waals surface area contributed by atoms with E-state index in [1.807, 2.05) is 0 Å². The Morgan fingerprint density at radius 3 is 2.71 bits per heavy atom. The Labute approximate surface area is 172 Å². The molecule has 2 aliphatic rings. The smallest absolute Gasteiger partial charge is 0.228 e. The molecule has 28 heavy (non-hydrogen) atoms. The molecule has 0 bridgehead atoms. The first-order valence-electron chi connectivity index (χ1n) is 8.99. The summed E-state index contributed by atoms with van der Waals surface area (Å²) in [7, 11) is 0. The molecular formula is C20H18Cl2N2O4. The predicted molar refractivity (Wildman–Crippen MR) is 108 cm³/mol. The minimum atomic E-state index is -0.250. The summed E-state index contributed by atoms with van der Waals surface area (Å²) >= 11 is 12.5. The van der Waals surface area contributed by atoms with Crippen LogP contribution in [-0.2, 0) is 16.0 Å². The molecule has 2 aromatic rings. The Bertz CT molecular complexity index is 948. The van der Waals surface area contributed by atoms with Crippen LogP contribution in [0.1, 0.15) is 18.4 Å². The maximum Gasteiger partial charge on any atom is 0.228 e. The quantitative estimate of drug-likeness (QED) is 0.808. The van der Waals surface area contributed by atoms with Crippen molar-refractivity contribution in [3.05, 3.63) is 45.9 Å². The lowest BCUT2D eigenvalue weighted by atomic mass is 10.1. The largest absolute Gasteiger partial charge is 0.486 e. The van der Waals surface area contributed by atoms with E-state index in [0.717, 1.165) is 12.1 Å². The van der Waals surface area contributed by atoms with Gasteiger partial charge in [0.05, 0.1) is 22.2 Å². The zero-order chi connectivity index (χ0) is 19.7. The summed E-state index contributed by atoms with van der Waals surface area (Å²) in [6.45, 7) is 1.56. The number of fused-ring (bicyclic) bond motifs is 1. The highest BCUT2D eigenvalue weighted by molar-refractivity contribution is 6.34. The number of amides is 2. The topological polar surface area (TPSA) is 67.9 Å². The van der Waals surface area contributed by atoms with Crippen LogP contribution in [0.25, 0.3) is 0 Å². The van der Waals surface area contributed by atoms with Crippen molar-refractivity contribution in [1.29, 1.82) is 0 Å². The zero-order valence-corrected chi connectivity index (χ0v) is 16.5. The molecule has 0 saturated carbocycles. The Morgan fingerprint density at radius 1 is 1.11 bits per heavy atom. The lowest BCUT2D eigenvalue weighted by Gasteiger charge is -2.20. The Balaban J connectivity index is 1.49. The number of anilines is 2. The number of nitrogens with one attached hydrogen (secondary N) is 1. The summed E-state index contributed by atoms with van der Waals surface area (Å²) in [6.07, 6.45) is 1.46. The van der Waals surface area contributed by atoms with E-state index >= 15 is 0 Å².